The summed E-state index contributed by atoms with van der Waals surface area (Å²) in [7, 11) is 0. The fourth-order valence-electron chi connectivity index (χ4n) is 3.51. The Kier molecular flexibility index (Phi) is 7.58. The summed E-state index contributed by atoms with van der Waals surface area (Å²) in [5.74, 6) is 2.79. The molecule has 7 heteroatoms. The van der Waals surface area contributed by atoms with Crippen molar-refractivity contribution in [3.8, 4) is 0 Å². The van der Waals surface area contributed by atoms with Crippen LogP contribution in [0.25, 0.3) is 0 Å². The van der Waals surface area contributed by atoms with E-state index in [1.807, 2.05) is 0 Å². The highest BCUT2D eigenvalue weighted by Crippen LogP contribution is 2.17. The lowest BCUT2D eigenvalue weighted by Gasteiger charge is -2.23. The van der Waals surface area contributed by atoms with Gasteiger partial charge in [0.15, 0.2) is 5.96 Å². The minimum absolute atomic E-state index is 0. The fraction of sp³-hybridized carbons (Fsp3) is 0.812. The number of aryl methyl sites for hydroxylation is 1. The molecule has 0 saturated heterocycles. The van der Waals surface area contributed by atoms with Gasteiger partial charge in [-0.2, -0.15) is 0 Å². The number of rotatable bonds is 4. The summed E-state index contributed by atoms with van der Waals surface area (Å²) < 4.78 is 2.28. The van der Waals surface area contributed by atoms with E-state index < -0.39 is 0 Å². The molecule has 0 aromatic carbocycles. The van der Waals surface area contributed by atoms with Crippen molar-refractivity contribution in [2.24, 2.45) is 10.7 Å². The van der Waals surface area contributed by atoms with E-state index in [9.17, 15) is 0 Å². The van der Waals surface area contributed by atoms with Crippen LogP contribution in [0.1, 0.15) is 63.0 Å². The Hall–Kier alpha value is -0.860. The third-order valence-corrected chi connectivity index (χ3v) is 4.76. The van der Waals surface area contributed by atoms with Gasteiger partial charge in [-0.1, -0.05) is 25.7 Å². The molecular weight excluding hydrogens is 403 g/mol. The first-order valence-electron chi connectivity index (χ1n) is 8.80. The lowest BCUT2D eigenvalue weighted by molar-refractivity contribution is 0.412. The number of nitrogens with zero attached hydrogens (tertiary/aromatic N) is 4. The number of halogens is 1. The summed E-state index contributed by atoms with van der Waals surface area (Å²) in [6.07, 6.45) is 12.0. The number of hydrogen-bond donors (Lipinski definition) is 2. The largest absolute Gasteiger partial charge is 0.370 e. The van der Waals surface area contributed by atoms with E-state index in [1.165, 1.54) is 51.4 Å². The Morgan fingerprint density at radius 2 is 1.91 bits per heavy atom. The molecule has 23 heavy (non-hydrogen) atoms. The molecule has 0 atom stereocenters. The molecule has 3 rings (SSSR count). The monoisotopic (exact) mass is 432 g/mol. The number of aliphatic imine (C=N–C) groups is 1. The van der Waals surface area contributed by atoms with Gasteiger partial charge in [-0.15, -0.1) is 34.2 Å². The number of aromatic nitrogens is 3. The summed E-state index contributed by atoms with van der Waals surface area (Å²) in [4.78, 5) is 4.47. The van der Waals surface area contributed by atoms with Gasteiger partial charge in [-0.25, -0.2) is 0 Å². The summed E-state index contributed by atoms with van der Waals surface area (Å²) in [5, 5.41) is 12.0. The molecule has 1 aliphatic carbocycles. The fourth-order valence-corrected chi connectivity index (χ4v) is 3.51. The highest BCUT2D eigenvalue weighted by atomic mass is 127. The molecule has 0 amide bonds. The van der Waals surface area contributed by atoms with Crippen molar-refractivity contribution in [3.05, 3.63) is 11.6 Å². The Morgan fingerprint density at radius 3 is 2.74 bits per heavy atom. The van der Waals surface area contributed by atoms with Gasteiger partial charge in [0.1, 0.15) is 11.6 Å². The summed E-state index contributed by atoms with van der Waals surface area (Å²) in [6, 6.07) is 0.516. The maximum absolute atomic E-state index is 6.00. The van der Waals surface area contributed by atoms with E-state index in [1.54, 1.807) is 0 Å². The van der Waals surface area contributed by atoms with Gasteiger partial charge >= 0.3 is 0 Å². The van der Waals surface area contributed by atoms with E-state index in [4.69, 9.17) is 5.73 Å². The van der Waals surface area contributed by atoms with Crippen LogP contribution in [-0.4, -0.2) is 33.3 Å². The van der Waals surface area contributed by atoms with E-state index in [0.717, 1.165) is 31.0 Å². The SMILES string of the molecule is I.NC(=NCCc1nnc2n1CCCCC2)NC1CCCCC1. The molecule has 130 valence electrons. The van der Waals surface area contributed by atoms with Crippen LogP contribution in [0.15, 0.2) is 4.99 Å². The minimum atomic E-state index is 0. The number of nitrogens with one attached hydrogen (secondary N) is 1. The third kappa shape index (κ3) is 5.32. The van der Waals surface area contributed by atoms with Crippen LogP contribution in [0, 0.1) is 0 Å². The van der Waals surface area contributed by atoms with Crippen molar-refractivity contribution in [2.45, 2.75) is 76.8 Å². The van der Waals surface area contributed by atoms with E-state index >= 15 is 0 Å². The molecule has 1 aromatic rings. The molecule has 0 bridgehead atoms. The minimum Gasteiger partial charge on any atom is -0.370 e. The van der Waals surface area contributed by atoms with Gasteiger partial charge in [-0.3, -0.25) is 4.99 Å². The molecule has 1 saturated carbocycles. The van der Waals surface area contributed by atoms with Gasteiger partial charge in [0.25, 0.3) is 0 Å². The molecule has 1 fully saturated rings. The van der Waals surface area contributed by atoms with Crippen LogP contribution < -0.4 is 11.1 Å². The molecular formula is C16H29IN6. The van der Waals surface area contributed by atoms with E-state index in [0.29, 0.717) is 18.5 Å². The molecule has 2 heterocycles. The molecule has 3 N–H and O–H groups in total. The average molecular weight is 432 g/mol. The maximum atomic E-state index is 6.00. The Labute approximate surface area is 155 Å². The number of guanidine groups is 1. The summed E-state index contributed by atoms with van der Waals surface area (Å²) in [6.45, 7) is 1.74. The van der Waals surface area contributed by atoms with Crippen molar-refractivity contribution < 1.29 is 0 Å². The van der Waals surface area contributed by atoms with Gasteiger partial charge in [0.2, 0.25) is 0 Å². The maximum Gasteiger partial charge on any atom is 0.188 e. The quantitative estimate of drug-likeness (QED) is 0.435. The first-order valence-corrected chi connectivity index (χ1v) is 8.80. The molecule has 0 radical (unpaired) electrons. The van der Waals surface area contributed by atoms with Crippen LogP contribution in [-0.2, 0) is 19.4 Å². The second-order valence-electron chi connectivity index (χ2n) is 6.49. The lowest BCUT2D eigenvalue weighted by atomic mass is 9.96. The number of hydrogen-bond acceptors (Lipinski definition) is 3. The summed E-state index contributed by atoms with van der Waals surface area (Å²) in [5.41, 5.74) is 6.00. The van der Waals surface area contributed by atoms with Crippen molar-refractivity contribution in [3.63, 3.8) is 0 Å². The molecule has 6 nitrogen and oxygen atoms in total. The van der Waals surface area contributed by atoms with Crippen molar-refractivity contribution in [1.82, 2.24) is 20.1 Å². The standard InChI is InChI=1S/C16H28N6.HI/c17-16(19-13-7-3-1-4-8-13)18-11-10-15-21-20-14-9-5-2-6-12-22(14)15;/h13H,1-12H2,(H3,17,18,19);1H. The zero-order valence-electron chi connectivity index (χ0n) is 13.8. The van der Waals surface area contributed by atoms with Crippen LogP contribution >= 0.6 is 24.0 Å². The summed E-state index contributed by atoms with van der Waals surface area (Å²) >= 11 is 0. The molecule has 1 aromatic heterocycles. The zero-order valence-corrected chi connectivity index (χ0v) is 16.2. The first-order chi connectivity index (χ1) is 10.8. The van der Waals surface area contributed by atoms with Gasteiger partial charge in [0.05, 0.1) is 0 Å². The smallest absolute Gasteiger partial charge is 0.188 e. The van der Waals surface area contributed by atoms with E-state index in [-0.39, 0.29) is 24.0 Å². The van der Waals surface area contributed by atoms with Gasteiger partial charge in [0, 0.05) is 32.0 Å². The molecule has 2 aliphatic rings. The Bertz CT molecular complexity index is 507. The number of nitrogens with two attached hydrogens (primary N) is 1. The number of fused-ring (bicyclic) bond motifs is 1. The highest BCUT2D eigenvalue weighted by molar-refractivity contribution is 14.0. The van der Waals surface area contributed by atoms with Crippen LogP contribution in [0.4, 0.5) is 0 Å². The zero-order chi connectivity index (χ0) is 15.2. The normalized spacial score (nSPS) is 19.6. The van der Waals surface area contributed by atoms with Gasteiger partial charge in [-0.05, 0) is 25.7 Å². The van der Waals surface area contributed by atoms with E-state index in [2.05, 4.69) is 25.1 Å². The first kappa shape index (κ1) is 18.5. The lowest BCUT2D eigenvalue weighted by Crippen LogP contribution is -2.41. The van der Waals surface area contributed by atoms with Crippen LogP contribution in [0.2, 0.25) is 0 Å². The Balaban J connectivity index is 0.00000192. The average Bonchev–Trinajstić information content (AvgIpc) is 2.76. The second-order valence-corrected chi connectivity index (χ2v) is 6.49. The topological polar surface area (TPSA) is 81.1 Å². The Morgan fingerprint density at radius 1 is 1.13 bits per heavy atom. The van der Waals surface area contributed by atoms with Crippen LogP contribution in [0.5, 0.6) is 0 Å². The van der Waals surface area contributed by atoms with Crippen LogP contribution in [0.3, 0.4) is 0 Å². The molecule has 0 unspecified atom stereocenters. The van der Waals surface area contributed by atoms with Crippen molar-refractivity contribution >= 4 is 29.9 Å². The van der Waals surface area contributed by atoms with Crippen molar-refractivity contribution in [1.29, 1.82) is 0 Å². The highest BCUT2D eigenvalue weighted by Gasteiger charge is 2.15. The second kappa shape index (κ2) is 9.44. The molecule has 1 aliphatic heterocycles. The third-order valence-electron chi connectivity index (χ3n) is 4.76. The van der Waals surface area contributed by atoms with Gasteiger partial charge < -0.3 is 15.6 Å². The predicted octanol–water partition coefficient (Wildman–Crippen LogP) is 2.40. The predicted molar refractivity (Wildman–Crippen MR) is 103 cm³/mol. The van der Waals surface area contributed by atoms with Crippen molar-refractivity contribution in [2.75, 3.05) is 6.54 Å². The molecule has 0 spiro atoms.